The summed E-state index contributed by atoms with van der Waals surface area (Å²) in [7, 11) is 0. The van der Waals surface area contributed by atoms with Crippen molar-refractivity contribution in [3.63, 3.8) is 0 Å². The van der Waals surface area contributed by atoms with E-state index in [9.17, 15) is 0 Å². The van der Waals surface area contributed by atoms with Crippen molar-refractivity contribution in [3.8, 4) is 51.0 Å². The Morgan fingerprint density at radius 1 is 0.323 bits per heavy atom. The molecule has 4 heterocycles. The number of nitrogens with zero attached hydrogens (tertiary/aromatic N) is 5. The van der Waals surface area contributed by atoms with Crippen LogP contribution in [-0.2, 0) is 12.8 Å². The number of para-hydroxylation sites is 4. The zero-order chi connectivity index (χ0) is 42.8. The molecule has 0 amide bonds. The van der Waals surface area contributed by atoms with Crippen LogP contribution in [0.2, 0.25) is 0 Å². The lowest BCUT2D eigenvalue weighted by molar-refractivity contribution is 0.978. The van der Waals surface area contributed by atoms with Gasteiger partial charge in [0.2, 0.25) is 0 Å². The van der Waals surface area contributed by atoms with Gasteiger partial charge in [-0.1, -0.05) is 158 Å². The first kappa shape index (κ1) is 37.0. The number of H-pyrrole nitrogens is 1. The van der Waals surface area contributed by atoms with Gasteiger partial charge in [-0.2, -0.15) is 0 Å². The number of anilines is 3. The third-order valence-electron chi connectivity index (χ3n) is 13.1. The van der Waals surface area contributed by atoms with Crippen molar-refractivity contribution in [2.45, 2.75) is 12.8 Å². The van der Waals surface area contributed by atoms with Crippen LogP contribution in [0.5, 0.6) is 0 Å². The molecule has 0 saturated heterocycles. The number of fused-ring (bicyclic) bond motifs is 8. The van der Waals surface area contributed by atoms with Crippen molar-refractivity contribution in [1.29, 1.82) is 0 Å². The van der Waals surface area contributed by atoms with E-state index in [1.807, 2.05) is 36.4 Å². The third kappa shape index (κ3) is 6.21. The summed E-state index contributed by atoms with van der Waals surface area (Å²) in [6.07, 6.45) is 1.85. The van der Waals surface area contributed by atoms with E-state index < -0.39 is 0 Å². The summed E-state index contributed by atoms with van der Waals surface area (Å²) < 4.78 is 2.43. The summed E-state index contributed by atoms with van der Waals surface area (Å²) in [6.45, 7) is 0. The van der Waals surface area contributed by atoms with Crippen LogP contribution < -0.4 is 4.90 Å². The summed E-state index contributed by atoms with van der Waals surface area (Å²) in [6, 6.07) is 75.9. The van der Waals surface area contributed by atoms with E-state index in [4.69, 9.17) is 15.0 Å². The number of hydrogen-bond donors (Lipinski definition) is 1. The highest BCUT2D eigenvalue weighted by Gasteiger charge is 2.27. The van der Waals surface area contributed by atoms with Crippen LogP contribution in [0.25, 0.3) is 94.6 Å². The number of aromatic amines is 1. The fourth-order valence-electron chi connectivity index (χ4n) is 9.95. The Morgan fingerprint density at radius 2 is 0.831 bits per heavy atom. The molecule has 9 aromatic carbocycles. The Balaban J connectivity index is 1.07. The molecule has 306 valence electrons. The Bertz CT molecular complexity index is 3680. The summed E-state index contributed by atoms with van der Waals surface area (Å²) in [4.78, 5) is 21.6. The highest BCUT2D eigenvalue weighted by molar-refractivity contribution is 6.10. The van der Waals surface area contributed by atoms with Crippen LogP contribution in [0.3, 0.4) is 0 Å². The molecular formula is C59H40N6. The smallest absolute Gasteiger partial charge is 0.164 e. The minimum atomic E-state index is 0.609. The third-order valence-corrected chi connectivity index (χ3v) is 13.1. The van der Waals surface area contributed by atoms with E-state index in [2.05, 4.69) is 190 Å². The first-order valence-corrected chi connectivity index (χ1v) is 22.2. The molecule has 13 rings (SSSR count). The topological polar surface area (TPSA) is 62.6 Å². The van der Waals surface area contributed by atoms with E-state index >= 15 is 0 Å². The maximum atomic E-state index is 5.21. The van der Waals surface area contributed by atoms with E-state index in [1.165, 1.54) is 43.9 Å². The number of hydrogen-bond acceptors (Lipinski definition) is 4. The Labute approximate surface area is 375 Å². The molecule has 65 heavy (non-hydrogen) atoms. The van der Waals surface area contributed by atoms with Crippen molar-refractivity contribution in [3.05, 3.63) is 223 Å². The average Bonchev–Trinajstić information content (AvgIpc) is 3.86. The zero-order valence-corrected chi connectivity index (χ0v) is 35.4. The first-order chi connectivity index (χ1) is 32.2. The second-order valence-electron chi connectivity index (χ2n) is 16.9. The van der Waals surface area contributed by atoms with E-state index in [0.717, 1.165) is 74.2 Å². The molecule has 6 nitrogen and oxygen atoms in total. The van der Waals surface area contributed by atoms with Gasteiger partial charge in [-0.3, -0.25) is 0 Å². The molecule has 0 spiro atoms. The van der Waals surface area contributed by atoms with Crippen LogP contribution in [0.1, 0.15) is 11.1 Å². The van der Waals surface area contributed by atoms with Gasteiger partial charge in [-0.15, -0.1) is 0 Å². The minimum Gasteiger partial charge on any atom is -0.354 e. The van der Waals surface area contributed by atoms with Gasteiger partial charge in [0.05, 0.1) is 28.1 Å². The Hall–Kier alpha value is -8.61. The Morgan fingerprint density at radius 3 is 1.54 bits per heavy atom. The minimum absolute atomic E-state index is 0.609. The molecule has 0 bridgehead atoms. The van der Waals surface area contributed by atoms with Gasteiger partial charge >= 0.3 is 0 Å². The van der Waals surface area contributed by atoms with Crippen LogP contribution in [0.4, 0.5) is 17.1 Å². The molecule has 0 atom stereocenters. The quantitative estimate of drug-likeness (QED) is 0.181. The maximum Gasteiger partial charge on any atom is 0.164 e. The van der Waals surface area contributed by atoms with Crippen LogP contribution in [0, 0.1) is 0 Å². The predicted octanol–water partition coefficient (Wildman–Crippen LogP) is 14.8. The van der Waals surface area contributed by atoms with Crippen molar-refractivity contribution in [2.24, 2.45) is 0 Å². The van der Waals surface area contributed by atoms with Gasteiger partial charge in [0, 0.05) is 55.0 Å². The average molecular weight is 833 g/mol. The number of benzene rings is 9. The van der Waals surface area contributed by atoms with Gasteiger partial charge < -0.3 is 14.5 Å². The standard InChI is InChI=1S/C59H40N6/c1-3-16-40(17-4-1)57-61-58(41-18-5-2-6-19-41)63-59(62-57)44-32-34-54(56(37-44)65-52-25-13-9-21-47(52)48-22-10-14-26-53(48)65)64-51-24-12-7-15-38(51)27-28-39-29-30-43(36-55(39)64)42-31-33-46-45-20-8-11-23-49(45)60-50(46)35-42/h1-26,29-37,60H,27-28H2. The second kappa shape index (κ2) is 15.0. The number of aryl methyl sites for hydroxylation is 2. The van der Waals surface area contributed by atoms with Crippen molar-refractivity contribution < 1.29 is 0 Å². The molecule has 1 aliphatic heterocycles. The monoisotopic (exact) mass is 832 g/mol. The predicted molar refractivity (Wildman–Crippen MR) is 267 cm³/mol. The van der Waals surface area contributed by atoms with Gasteiger partial charge in [0.1, 0.15) is 0 Å². The lowest BCUT2D eigenvalue weighted by Gasteiger charge is -2.30. The highest BCUT2D eigenvalue weighted by atomic mass is 15.2. The van der Waals surface area contributed by atoms with Gasteiger partial charge in [0.25, 0.3) is 0 Å². The van der Waals surface area contributed by atoms with Crippen LogP contribution in [-0.4, -0.2) is 24.5 Å². The van der Waals surface area contributed by atoms with Crippen molar-refractivity contribution in [1.82, 2.24) is 24.5 Å². The number of nitrogens with one attached hydrogen (secondary N) is 1. The molecule has 1 N–H and O–H groups in total. The second-order valence-corrected chi connectivity index (χ2v) is 16.9. The SMILES string of the molecule is c1ccc(-c2nc(-c3ccccc3)nc(-c3ccc(N4c5ccccc5CCc5ccc(-c6ccc7c(c6)[nH]c6ccccc67)cc54)c(-n4c5ccccc5c5ccccc54)c3)n2)cc1. The molecule has 6 heteroatoms. The summed E-state index contributed by atoms with van der Waals surface area (Å²) in [5, 5.41) is 4.87. The summed E-state index contributed by atoms with van der Waals surface area (Å²) in [5.41, 5.74) is 16.6. The van der Waals surface area contributed by atoms with Crippen LogP contribution >= 0.6 is 0 Å². The lowest BCUT2D eigenvalue weighted by Crippen LogP contribution is -2.15. The number of rotatable bonds is 6. The molecule has 0 unspecified atom stereocenters. The van der Waals surface area contributed by atoms with Gasteiger partial charge in [-0.05, 0) is 89.7 Å². The zero-order valence-electron chi connectivity index (χ0n) is 35.4. The van der Waals surface area contributed by atoms with Crippen molar-refractivity contribution >= 4 is 60.7 Å². The molecule has 1 aliphatic rings. The molecule has 0 fully saturated rings. The lowest BCUT2D eigenvalue weighted by atomic mass is 9.98. The molecule has 3 aromatic heterocycles. The fourth-order valence-corrected chi connectivity index (χ4v) is 9.95. The Kier molecular flexibility index (Phi) is 8.56. The summed E-state index contributed by atoms with van der Waals surface area (Å²) >= 11 is 0. The van der Waals surface area contributed by atoms with Gasteiger partial charge in [-0.25, -0.2) is 15.0 Å². The molecule has 0 aliphatic carbocycles. The van der Waals surface area contributed by atoms with Gasteiger partial charge in [0.15, 0.2) is 17.5 Å². The molecule has 12 aromatic rings. The first-order valence-electron chi connectivity index (χ1n) is 22.2. The number of aromatic nitrogens is 5. The molecule has 0 radical (unpaired) electrons. The normalized spacial score (nSPS) is 12.5. The maximum absolute atomic E-state index is 5.21. The highest BCUT2D eigenvalue weighted by Crippen LogP contribution is 2.48. The molecular weight excluding hydrogens is 793 g/mol. The van der Waals surface area contributed by atoms with Crippen molar-refractivity contribution in [2.75, 3.05) is 4.90 Å². The fraction of sp³-hybridized carbons (Fsp3) is 0.0339. The van der Waals surface area contributed by atoms with E-state index in [0.29, 0.717) is 17.5 Å². The van der Waals surface area contributed by atoms with Crippen LogP contribution in [0.15, 0.2) is 212 Å². The summed E-state index contributed by atoms with van der Waals surface area (Å²) in [5.74, 6) is 1.87. The molecule has 0 saturated carbocycles. The van der Waals surface area contributed by atoms with E-state index in [1.54, 1.807) is 0 Å². The largest absolute Gasteiger partial charge is 0.354 e. The van der Waals surface area contributed by atoms with E-state index in [-0.39, 0.29) is 0 Å².